The van der Waals surface area contributed by atoms with Gasteiger partial charge in [0.1, 0.15) is 5.82 Å². The molecule has 0 saturated carbocycles. The minimum Gasteiger partial charge on any atom is -0.323 e. The average Bonchev–Trinajstić information content (AvgIpc) is 2.73. The molecule has 0 atom stereocenters. The van der Waals surface area contributed by atoms with Gasteiger partial charge in [0.15, 0.2) is 0 Å². The molecule has 1 aromatic heterocycles. The van der Waals surface area contributed by atoms with Crippen LogP contribution in [-0.4, -0.2) is 17.9 Å². The van der Waals surface area contributed by atoms with Crippen molar-refractivity contribution in [3.8, 4) is 0 Å². The molecule has 0 bridgehead atoms. The number of carbonyl (C=O) groups excluding carboxylic acids is 1. The van der Waals surface area contributed by atoms with Crippen LogP contribution in [0.4, 0.5) is 10.1 Å². The van der Waals surface area contributed by atoms with Crippen LogP contribution in [0.15, 0.2) is 29.1 Å². The molecule has 0 saturated heterocycles. The fraction of sp³-hybridized carbons (Fsp3) is 0.333. The molecule has 120 valence electrons. The van der Waals surface area contributed by atoms with Crippen LogP contribution in [0.1, 0.15) is 36.2 Å². The molecule has 1 aromatic carbocycles. The highest BCUT2D eigenvalue weighted by Crippen LogP contribution is 2.37. The molecule has 0 unspecified atom stereocenters. The summed E-state index contributed by atoms with van der Waals surface area (Å²) in [6, 6.07) is 6.32. The number of pyridine rings is 1. The van der Waals surface area contributed by atoms with Gasteiger partial charge in [-0.2, -0.15) is 0 Å². The van der Waals surface area contributed by atoms with E-state index in [9.17, 15) is 14.0 Å². The Kier molecular flexibility index (Phi) is 3.59. The highest BCUT2D eigenvalue weighted by atomic mass is 19.1. The molecule has 5 heteroatoms. The molecule has 0 fully saturated rings. The number of nitrogens with one attached hydrogen (secondary N) is 1. The third kappa shape index (κ3) is 2.67. The molecule has 4 nitrogen and oxygen atoms in total. The van der Waals surface area contributed by atoms with E-state index in [-0.39, 0.29) is 16.8 Å². The van der Waals surface area contributed by atoms with Crippen LogP contribution < -0.4 is 10.5 Å². The molecule has 1 amide bonds. The Morgan fingerprint density at radius 2 is 2.04 bits per heavy atom. The van der Waals surface area contributed by atoms with E-state index in [2.05, 4.69) is 4.98 Å². The van der Waals surface area contributed by atoms with Gasteiger partial charge in [0.05, 0.1) is 5.69 Å². The summed E-state index contributed by atoms with van der Waals surface area (Å²) in [5.74, 6) is -0.289. The minimum absolute atomic E-state index is 0.159. The second kappa shape index (κ2) is 5.33. The largest absolute Gasteiger partial charge is 0.323 e. The number of rotatable bonds is 3. The lowest BCUT2D eigenvalue weighted by Gasteiger charge is -2.17. The number of benzene rings is 1. The Balaban J connectivity index is 2.05. The predicted octanol–water partition coefficient (Wildman–Crippen LogP) is 2.67. The lowest BCUT2D eigenvalue weighted by Crippen LogP contribution is -2.27. The van der Waals surface area contributed by atoms with Crippen molar-refractivity contribution in [3.63, 3.8) is 0 Å². The van der Waals surface area contributed by atoms with Crippen LogP contribution in [0.3, 0.4) is 0 Å². The zero-order chi connectivity index (χ0) is 16.8. The average molecular weight is 314 g/mol. The fourth-order valence-electron chi connectivity index (χ4n) is 3.18. The van der Waals surface area contributed by atoms with Gasteiger partial charge in [-0.15, -0.1) is 0 Å². The van der Waals surface area contributed by atoms with E-state index >= 15 is 0 Å². The summed E-state index contributed by atoms with van der Waals surface area (Å²) >= 11 is 0. The summed E-state index contributed by atoms with van der Waals surface area (Å²) in [5, 5.41) is 0. The van der Waals surface area contributed by atoms with Crippen molar-refractivity contribution in [1.29, 1.82) is 0 Å². The molecule has 0 radical (unpaired) electrons. The number of halogens is 1. The maximum atomic E-state index is 13.2. The molecule has 0 aliphatic carbocycles. The van der Waals surface area contributed by atoms with Gasteiger partial charge in [-0.1, -0.05) is 19.9 Å². The van der Waals surface area contributed by atoms with Crippen LogP contribution in [0, 0.1) is 12.7 Å². The quantitative estimate of drug-likeness (QED) is 0.886. The molecule has 0 spiro atoms. The number of hydrogen-bond donors (Lipinski definition) is 1. The first-order valence-corrected chi connectivity index (χ1v) is 7.55. The van der Waals surface area contributed by atoms with Gasteiger partial charge in [0, 0.05) is 29.6 Å². The number of hydrogen-bond acceptors (Lipinski definition) is 2. The van der Waals surface area contributed by atoms with Crippen molar-refractivity contribution in [2.75, 3.05) is 11.4 Å². The van der Waals surface area contributed by atoms with Crippen LogP contribution in [0.5, 0.6) is 0 Å². The summed E-state index contributed by atoms with van der Waals surface area (Å²) in [4.78, 5) is 28.3. The van der Waals surface area contributed by atoms with Crippen molar-refractivity contribution in [3.05, 3.63) is 62.8 Å². The number of anilines is 1. The summed E-state index contributed by atoms with van der Waals surface area (Å²) in [6.45, 7) is 6.35. The molecule has 2 heterocycles. The summed E-state index contributed by atoms with van der Waals surface area (Å²) in [7, 11) is 0. The van der Waals surface area contributed by atoms with Crippen molar-refractivity contribution in [2.24, 2.45) is 0 Å². The summed E-state index contributed by atoms with van der Waals surface area (Å²) in [6.07, 6.45) is 1.20. The number of carbonyl (C=O) groups is 1. The Labute approximate surface area is 134 Å². The second-order valence-corrected chi connectivity index (χ2v) is 6.75. The second-order valence-electron chi connectivity index (χ2n) is 6.75. The first kappa shape index (κ1) is 15.5. The van der Waals surface area contributed by atoms with Crippen molar-refractivity contribution in [2.45, 2.75) is 32.6 Å². The van der Waals surface area contributed by atoms with E-state index < -0.39 is 0 Å². The highest BCUT2D eigenvalue weighted by molar-refractivity contribution is 5.80. The zero-order valence-electron chi connectivity index (χ0n) is 13.4. The number of aromatic amines is 1. The Bertz CT molecular complexity index is 839. The first-order chi connectivity index (χ1) is 10.8. The van der Waals surface area contributed by atoms with Crippen molar-refractivity contribution in [1.82, 2.24) is 4.98 Å². The molecule has 1 aliphatic rings. The van der Waals surface area contributed by atoms with E-state index in [1.54, 1.807) is 17.0 Å². The molecule has 1 N–H and O–H groups in total. The summed E-state index contributed by atoms with van der Waals surface area (Å²) in [5.41, 5.74) is 3.37. The molecule has 23 heavy (non-hydrogen) atoms. The molecular formula is C18H19FN2O2. The van der Waals surface area contributed by atoms with Gasteiger partial charge < -0.3 is 9.88 Å². The number of H-pyrrole nitrogens is 1. The van der Waals surface area contributed by atoms with Gasteiger partial charge in [-0.05, 0) is 36.2 Å². The van der Waals surface area contributed by atoms with Gasteiger partial charge in [0.25, 0.3) is 5.56 Å². The smallest absolute Gasteiger partial charge is 0.251 e. The Hall–Kier alpha value is -2.43. The molecular weight excluding hydrogens is 295 g/mol. The van der Waals surface area contributed by atoms with Gasteiger partial charge >= 0.3 is 0 Å². The number of nitrogens with zero attached hydrogens (tertiary/aromatic N) is 1. The predicted molar refractivity (Wildman–Crippen MR) is 87.4 cm³/mol. The Morgan fingerprint density at radius 1 is 1.30 bits per heavy atom. The number of aryl methyl sites for hydroxylation is 1. The highest BCUT2D eigenvalue weighted by Gasteiger charge is 2.36. The van der Waals surface area contributed by atoms with E-state index in [0.717, 1.165) is 28.9 Å². The van der Waals surface area contributed by atoms with Gasteiger partial charge in [0.2, 0.25) is 6.41 Å². The maximum absolute atomic E-state index is 13.2. The van der Waals surface area contributed by atoms with Gasteiger partial charge in [-0.3, -0.25) is 9.59 Å². The van der Waals surface area contributed by atoms with Crippen LogP contribution >= 0.6 is 0 Å². The minimum atomic E-state index is -0.289. The molecule has 1 aliphatic heterocycles. The zero-order valence-corrected chi connectivity index (χ0v) is 13.4. The fourth-order valence-corrected chi connectivity index (χ4v) is 3.18. The van der Waals surface area contributed by atoms with Crippen LogP contribution in [0.2, 0.25) is 0 Å². The lowest BCUT2D eigenvalue weighted by atomic mass is 9.91. The van der Waals surface area contributed by atoms with Crippen LogP contribution in [0.25, 0.3) is 0 Å². The normalized spacial score (nSPS) is 15.6. The van der Waals surface area contributed by atoms with E-state index in [4.69, 9.17) is 0 Å². The maximum Gasteiger partial charge on any atom is 0.251 e. The standard InChI is InChI=1S/C18H19FN2O2/c1-11-6-14(19)5-4-12(11)7-13-8-15-16(20-17(13)23)18(2,3)9-21(15)10-22/h4-6,8,10H,7,9H2,1-3H3,(H,20,23). The summed E-state index contributed by atoms with van der Waals surface area (Å²) < 4.78 is 13.2. The number of fused-ring (bicyclic) bond motifs is 1. The SMILES string of the molecule is Cc1cc(F)ccc1Cc1cc2c([nH]c1=O)C(C)(C)CN2C=O. The number of amides is 1. The topological polar surface area (TPSA) is 53.2 Å². The Morgan fingerprint density at radius 3 is 2.70 bits per heavy atom. The van der Waals surface area contributed by atoms with E-state index in [0.29, 0.717) is 18.5 Å². The third-order valence-corrected chi connectivity index (χ3v) is 4.46. The van der Waals surface area contributed by atoms with Crippen molar-refractivity contribution < 1.29 is 9.18 Å². The number of aromatic nitrogens is 1. The van der Waals surface area contributed by atoms with Gasteiger partial charge in [-0.25, -0.2) is 4.39 Å². The molecule has 3 rings (SSSR count). The lowest BCUT2D eigenvalue weighted by molar-refractivity contribution is -0.107. The van der Waals surface area contributed by atoms with Crippen molar-refractivity contribution >= 4 is 12.1 Å². The molecule has 2 aromatic rings. The monoisotopic (exact) mass is 314 g/mol. The third-order valence-electron chi connectivity index (χ3n) is 4.46. The van der Waals surface area contributed by atoms with Crippen LogP contribution in [-0.2, 0) is 16.6 Å². The van der Waals surface area contributed by atoms with E-state index in [1.807, 2.05) is 20.8 Å². The van der Waals surface area contributed by atoms with E-state index in [1.165, 1.54) is 12.1 Å². The first-order valence-electron chi connectivity index (χ1n) is 7.55.